The number of H-pyrrole nitrogens is 1. The van der Waals surface area contributed by atoms with E-state index in [1.54, 1.807) is 35.5 Å². The van der Waals surface area contributed by atoms with Gasteiger partial charge in [-0.1, -0.05) is 25.1 Å². The summed E-state index contributed by atoms with van der Waals surface area (Å²) in [5.41, 5.74) is 4.06. The molecule has 0 spiro atoms. The summed E-state index contributed by atoms with van der Waals surface area (Å²) in [5.74, 6) is 1.23. The molecule has 0 fully saturated rings. The molecule has 4 aromatic rings. The first kappa shape index (κ1) is 23.4. The normalized spacial score (nSPS) is 14.7. The summed E-state index contributed by atoms with van der Waals surface area (Å²) >= 11 is 0. The highest BCUT2D eigenvalue weighted by molar-refractivity contribution is 6.00. The van der Waals surface area contributed by atoms with Crippen molar-refractivity contribution in [1.29, 1.82) is 0 Å². The number of para-hydroxylation sites is 1. The van der Waals surface area contributed by atoms with Crippen LogP contribution < -0.4 is 9.47 Å². The second-order valence-corrected chi connectivity index (χ2v) is 8.56. The fourth-order valence-corrected chi connectivity index (χ4v) is 4.56. The number of pyridine rings is 1. The molecule has 8 heteroatoms. The number of aromatic nitrogens is 3. The molecule has 1 amide bonds. The molecule has 1 aliphatic rings. The number of hydrogen-bond acceptors (Lipinski definition) is 6. The van der Waals surface area contributed by atoms with Gasteiger partial charge in [0.1, 0.15) is 17.1 Å². The van der Waals surface area contributed by atoms with Gasteiger partial charge < -0.3 is 19.5 Å². The van der Waals surface area contributed by atoms with Crippen LogP contribution in [0.3, 0.4) is 0 Å². The topological polar surface area (TPSA) is 101 Å². The second kappa shape index (κ2) is 10.1. The molecule has 0 radical (unpaired) electrons. The lowest BCUT2D eigenvalue weighted by atomic mass is 9.95. The third-order valence-corrected chi connectivity index (χ3v) is 6.17. The number of nitrogens with zero attached hydrogens (tertiary/aromatic N) is 3. The van der Waals surface area contributed by atoms with Gasteiger partial charge in [-0.15, -0.1) is 0 Å². The van der Waals surface area contributed by atoms with E-state index in [1.807, 2.05) is 43.3 Å². The van der Waals surface area contributed by atoms with Crippen LogP contribution in [0, 0.1) is 0 Å². The molecule has 0 saturated carbocycles. The van der Waals surface area contributed by atoms with E-state index in [2.05, 4.69) is 22.1 Å². The smallest absolute Gasteiger partial charge is 0.273 e. The van der Waals surface area contributed by atoms with Crippen molar-refractivity contribution in [3.05, 3.63) is 89.4 Å². The third-order valence-electron chi connectivity index (χ3n) is 6.17. The van der Waals surface area contributed by atoms with Gasteiger partial charge in [0, 0.05) is 30.1 Å². The first-order valence-corrected chi connectivity index (χ1v) is 12.1. The quantitative estimate of drug-likeness (QED) is 0.342. The summed E-state index contributed by atoms with van der Waals surface area (Å²) in [6, 6.07) is 16.1. The molecule has 0 bridgehead atoms. The molecule has 0 saturated heterocycles. The molecule has 2 aromatic carbocycles. The molecule has 2 aromatic heterocycles. The lowest BCUT2D eigenvalue weighted by Crippen LogP contribution is -2.29. The van der Waals surface area contributed by atoms with Crippen molar-refractivity contribution >= 4 is 5.91 Å². The molecule has 3 heterocycles. The zero-order chi connectivity index (χ0) is 25.1. The average Bonchev–Trinajstić information content (AvgIpc) is 3.43. The highest BCUT2D eigenvalue weighted by Crippen LogP contribution is 2.46. The minimum absolute atomic E-state index is 0.101. The number of nitrogens with one attached hydrogen (secondary N) is 1. The molecule has 1 aliphatic heterocycles. The number of fused-ring (bicyclic) bond motifs is 1. The van der Waals surface area contributed by atoms with Crippen LogP contribution in [0.25, 0.3) is 11.3 Å². The Bertz CT molecular complexity index is 1370. The summed E-state index contributed by atoms with van der Waals surface area (Å²) in [6.07, 6.45) is 4.31. The number of phenolic OH excluding ortho intramolecular Hbond substituents is 1. The minimum atomic E-state index is -0.451. The molecular formula is C28H28N4O4. The summed E-state index contributed by atoms with van der Waals surface area (Å²) in [5, 5.41) is 18.0. The van der Waals surface area contributed by atoms with Gasteiger partial charge in [-0.25, -0.2) is 0 Å². The van der Waals surface area contributed by atoms with Crippen LogP contribution in [-0.2, 0) is 6.54 Å². The largest absolute Gasteiger partial charge is 0.507 e. The number of rotatable bonds is 9. The molecule has 0 aliphatic carbocycles. The van der Waals surface area contributed by atoms with Crippen LogP contribution in [0.5, 0.6) is 17.2 Å². The van der Waals surface area contributed by atoms with E-state index in [0.717, 1.165) is 23.1 Å². The Labute approximate surface area is 209 Å². The molecule has 36 heavy (non-hydrogen) atoms. The number of phenols is 1. The van der Waals surface area contributed by atoms with Gasteiger partial charge in [0.15, 0.2) is 11.5 Å². The van der Waals surface area contributed by atoms with Crippen molar-refractivity contribution in [3.8, 4) is 28.5 Å². The lowest BCUT2D eigenvalue weighted by molar-refractivity contribution is 0.0729. The van der Waals surface area contributed by atoms with Crippen molar-refractivity contribution < 1.29 is 19.4 Å². The highest BCUT2D eigenvalue weighted by atomic mass is 16.5. The predicted molar refractivity (Wildman–Crippen MR) is 135 cm³/mol. The van der Waals surface area contributed by atoms with E-state index >= 15 is 0 Å². The molecule has 0 unspecified atom stereocenters. The van der Waals surface area contributed by atoms with Gasteiger partial charge in [-0.05, 0) is 60.9 Å². The van der Waals surface area contributed by atoms with E-state index in [9.17, 15) is 9.90 Å². The molecular weight excluding hydrogens is 456 g/mol. The maximum Gasteiger partial charge on any atom is 0.273 e. The maximum atomic E-state index is 13.7. The molecule has 2 N–H and O–H groups in total. The number of hydrogen-bond donors (Lipinski definition) is 2. The zero-order valence-corrected chi connectivity index (χ0v) is 20.3. The van der Waals surface area contributed by atoms with Gasteiger partial charge in [-0.3, -0.25) is 14.9 Å². The number of carbonyl (C=O) groups is 1. The lowest BCUT2D eigenvalue weighted by Gasteiger charge is -2.27. The van der Waals surface area contributed by atoms with E-state index in [4.69, 9.17) is 9.47 Å². The number of benzene rings is 2. The first-order valence-electron chi connectivity index (χ1n) is 12.1. The number of aromatic amines is 1. The number of amides is 1. The van der Waals surface area contributed by atoms with Gasteiger partial charge in [0.05, 0.1) is 19.3 Å². The van der Waals surface area contributed by atoms with Gasteiger partial charge in [0.2, 0.25) is 0 Å². The van der Waals surface area contributed by atoms with Gasteiger partial charge in [-0.2, -0.15) is 5.10 Å². The monoisotopic (exact) mass is 484 g/mol. The molecule has 5 rings (SSSR count). The Hall–Kier alpha value is -4.33. The molecule has 184 valence electrons. The van der Waals surface area contributed by atoms with Gasteiger partial charge >= 0.3 is 0 Å². The summed E-state index contributed by atoms with van der Waals surface area (Å²) in [4.78, 5) is 19.6. The SMILES string of the molecule is CCCOc1ccc([C@@H]2c3c(-c4ccccc4O)n[nH]c3C(=O)N2Cc2ccncc2)cc1OCC. The Balaban J connectivity index is 1.65. The minimum Gasteiger partial charge on any atom is -0.507 e. The van der Waals surface area contributed by atoms with Crippen molar-refractivity contribution in [2.45, 2.75) is 32.9 Å². The van der Waals surface area contributed by atoms with Crippen molar-refractivity contribution in [2.75, 3.05) is 13.2 Å². The fraction of sp³-hybridized carbons (Fsp3) is 0.250. The van der Waals surface area contributed by atoms with E-state index in [-0.39, 0.29) is 11.7 Å². The van der Waals surface area contributed by atoms with Crippen LogP contribution in [-0.4, -0.2) is 44.3 Å². The summed E-state index contributed by atoms with van der Waals surface area (Å²) in [7, 11) is 0. The van der Waals surface area contributed by atoms with Crippen LogP contribution in [0.1, 0.15) is 53.5 Å². The Morgan fingerprint density at radius 2 is 1.83 bits per heavy atom. The number of ether oxygens (including phenoxy) is 2. The Kier molecular flexibility index (Phi) is 6.58. The first-order chi connectivity index (χ1) is 17.6. The van der Waals surface area contributed by atoms with Crippen molar-refractivity contribution in [2.24, 2.45) is 0 Å². The average molecular weight is 485 g/mol. The highest BCUT2D eigenvalue weighted by Gasteiger charge is 2.42. The molecule has 8 nitrogen and oxygen atoms in total. The van der Waals surface area contributed by atoms with Crippen LogP contribution in [0.2, 0.25) is 0 Å². The number of carbonyl (C=O) groups excluding carboxylic acids is 1. The third kappa shape index (κ3) is 4.26. The van der Waals surface area contributed by atoms with E-state index in [1.165, 1.54) is 0 Å². The van der Waals surface area contributed by atoms with E-state index < -0.39 is 6.04 Å². The molecule has 1 atom stereocenters. The second-order valence-electron chi connectivity index (χ2n) is 8.56. The fourth-order valence-electron chi connectivity index (χ4n) is 4.56. The van der Waals surface area contributed by atoms with Crippen LogP contribution in [0.4, 0.5) is 0 Å². The standard InChI is InChI=1S/C28H28N4O4/c1-3-15-36-22-10-9-19(16-23(22)35-4-2)27-24-25(20-7-5-6-8-21(20)33)30-31-26(24)28(34)32(27)17-18-11-13-29-14-12-18/h5-14,16,27,33H,3-4,15,17H2,1-2H3,(H,30,31)/t27-/m1/s1. The summed E-state index contributed by atoms with van der Waals surface area (Å²) < 4.78 is 11.8. The van der Waals surface area contributed by atoms with Crippen molar-refractivity contribution in [1.82, 2.24) is 20.1 Å². The van der Waals surface area contributed by atoms with E-state index in [0.29, 0.717) is 48.2 Å². The van der Waals surface area contributed by atoms with Gasteiger partial charge in [0.25, 0.3) is 5.91 Å². The maximum absolute atomic E-state index is 13.7. The van der Waals surface area contributed by atoms with Crippen molar-refractivity contribution in [3.63, 3.8) is 0 Å². The Morgan fingerprint density at radius 3 is 2.58 bits per heavy atom. The van der Waals surface area contributed by atoms with Crippen LogP contribution in [0.15, 0.2) is 67.0 Å². The zero-order valence-electron chi connectivity index (χ0n) is 20.3. The number of aromatic hydroxyl groups is 1. The predicted octanol–water partition coefficient (Wildman–Crippen LogP) is 5.11. The van der Waals surface area contributed by atoms with Crippen LogP contribution >= 0.6 is 0 Å². The Morgan fingerprint density at radius 1 is 1.03 bits per heavy atom. The summed E-state index contributed by atoms with van der Waals surface area (Å²) in [6.45, 7) is 5.42.